The van der Waals surface area contributed by atoms with E-state index in [4.69, 9.17) is 14.9 Å². The van der Waals surface area contributed by atoms with Gasteiger partial charge in [-0.1, -0.05) is 20.8 Å². The Balaban J connectivity index is 4.83. The van der Waals surface area contributed by atoms with Crippen molar-refractivity contribution >= 4 is 14.3 Å². The molecule has 0 saturated carbocycles. The molecule has 0 spiro atoms. The van der Waals surface area contributed by atoms with Gasteiger partial charge in [0.2, 0.25) is 0 Å². The van der Waals surface area contributed by atoms with E-state index < -0.39 is 14.4 Å². The maximum absolute atomic E-state index is 11.6. The summed E-state index contributed by atoms with van der Waals surface area (Å²) in [6.45, 7) is 12.3. The Labute approximate surface area is 99.6 Å². The third-order valence-electron chi connectivity index (χ3n) is 3.14. The Morgan fingerprint density at radius 1 is 1.31 bits per heavy atom. The lowest BCUT2D eigenvalue weighted by Gasteiger charge is -2.39. The van der Waals surface area contributed by atoms with Crippen molar-refractivity contribution < 1.29 is 14.0 Å². The molecule has 16 heavy (non-hydrogen) atoms. The van der Waals surface area contributed by atoms with Gasteiger partial charge in [-0.3, -0.25) is 0 Å². The molecule has 0 radical (unpaired) electrons. The summed E-state index contributed by atoms with van der Waals surface area (Å²) in [4.78, 5) is 11.6. The smallest absolute Gasteiger partial charge is 0.335 e. The minimum absolute atomic E-state index is 0.0498. The van der Waals surface area contributed by atoms with Gasteiger partial charge in [0, 0.05) is 6.04 Å². The molecule has 0 aromatic heterocycles. The lowest BCUT2D eigenvalue weighted by molar-refractivity contribution is -0.150. The molecule has 5 heteroatoms. The molecule has 0 saturated heterocycles. The first-order chi connectivity index (χ1) is 7.03. The van der Waals surface area contributed by atoms with E-state index in [1.165, 1.54) is 7.11 Å². The van der Waals surface area contributed by atoms with Crippen molar-refractivity contribution in [1.82, 2.24) is 0 Å². The molecule has 2 atom stereocenters. The molecular formula is C11H25NO3Si. The van der Waals surface area contributed by atoms with Crippen LogP contribution < -0.4 is 5.73 Å². The standard InChI is InChI=1S/C11H25NO3Si/c1-8(12)9(10(13)14-5)15-16(6,7)11(2,3)4/h8-9H,12H2,1-7H3/t8-,9?/m0/s1. The van der Waals surface area contributed by atoms with Crippen molar-refractivity contribution in [2.24, 2.45) is 5.73 Å². The summed E-state index contributed by atoms with van der Waals surface area (Å²) in [6.07, 6.45) is -0.661. The monoisotopic (exact) mass is 247 g/mol. The van der Waals surface area contributed by atoms with E-state index in [0.717, 1.165) is 0 Å². The van der Waals surface area contributed by atoms with Crippen LogP contribution in [0, 0.1) is 0 Å². The van der Waals surface area contributed by atoms with Crippen LogP contribution in [0.2, 0.25) is 18.1 Å². The fraction of sp³-hybridized carbons (Fsp3) is 0.909. The van der Waals surface area contributed by atoms with Crippen LogP contribution in [-0.4, -0.2) is 33.5 Å². The predicted molar refractivity (Wildman–Crippen MR) is 67.7 cm³/mol. The third kappa shape index (κ3) is 3.88. The summed E-state index contributed by atoms with van der Waals surface area (Å²) in [5.41, 5.74) is 5.76. The van der Waals surface area contributed by atoms with Crippen molar-refractivity contribution in [1.29, 1.82) is 0 Å². The van der Waals surface area contributed by atoms with Crippen molar-refractivity contribution in [3.8, 4) is 0 Å². The number of rotatable bonds is 4. The molecule has 0 aliphatic carbocycles. The maximum atomic E-state index is 11.6. The highest BCUT2D eigenvalue weighted by Crippen LogP contribution is 2.37. The summed E-state index contributed by atoms with van der Waals surface area (Å²) >= 11 is 0. The Morgan fingerprint density at radius 2 is 1.75 bits per heavy atom. The van der Waals surface area contributed by atoms with Gasteiger partial charge in [-0.15, -0.1) is 0 Å². The Hall–Kier alpha value is -0.393. The van der Waals surface area contributed by atoms with Gasteiger partial charge < -0.3 is 14.9 Å². The van der Waals surface area contributed by atoms with Crippen LogP contribution in [0.3, 0.4) is 0 Å². The molecule has 0 rings (SSSR count). The maximum Gasteiger partial charge on any atom is 0.335 e. The third-order valence-corrected chi connectivity index (χ3v) is 7.59. The van der Waals surface area contributed by atoms with Crippen LogP contribution in [0.1, 0.15) is 27.7 Å². The summed E-state index contributed by atoms with van der Waals surface area (Å²) in [5, 5.41) is 0.0498. The number of nitrogens with two attached hydrogens (primary N) is 1. The number of hydrogen-bond donors (Lipinski definition) is 1. The zero-order valence-corrected chi connectivity index (χ0v) is 12.5. The minimum atomic E-state index is -1.99. The Bertz CT molecular complexity index is 246. The molecule has 0 amide bonds. The first-order valence-corrected chi connectivity index (χ1v) is 8.45. The van der Waals surface area contributed by atoms with Crippen LogP contribution in [0.5, 0.6) is 0 Å². The molecule has 4 nitrogen and oxygen atoms in total. The largest absolute Gasteiger partial charge is 0.467 e. The lowest BCUT2D eigenvalue weighted by atomic mass is 10.2. The molecule has 1 unspecified atom stereocenters. The van der Waals surface area contributed by atoms with E-state index in [2.05, 4.69) is 33.9 Å². The van der Waals surface area contributed by atoms with Gasteiger partial charge in [0.1, 0.15) is 0 Å². The second kappa shape index (κ2) is 5.29. The number of ether oxygens (including phenoxy) is 1. The SMILES string of the molecule is COC(=O)C(O[Si](C)(C)C(C)(C)C)[C@H](C)N. The van der Waals surface area contributed by atoms with Crippen LogP contribution in [0.4, 0.5) is 0 Å². The van der Waals surface area contributed by atoms with E-state index in [1.807, 2.05) is 0 Å². The van der Waals surface area contributed by atoms with E-state index in [1.54, 1.807) is 6.92 Å². The number of methoxy groups -OCH3 is 1. The van der Waals surface area contributed by atoms with E-state index in [-0.39, 0.29) is 17.0 Å². The van der Waals surface area contributed by atoms with E-state index in [9.17, 15) is 4.79 Å². The molecule has 0 aliphatic rings. The molecule has 0 aromatic rings. The van der Waals surface area contributed by atoms with Gasteiger partial charge in [-0.25, -0.2) is 4.79 Å². The quantitative estimate of drug-likeness (QED) is 0.609. The number of hydrogen-bond acceptors (Lipinski definition) is 4. The highest BCUT2D eigenvalue weighted by molar-refractivity contribution is 6.74. The first-order valence-electron chi connectivity index (χ1n) is 5.54. The molecule has 0 aromatic carbocycles. The molecule has 0 aliphatic heterocycles. The van der Waals surface area contributed by atoms with Gasteiger partial charge >= 0.3 is 5.97 Å². The second-order valence-electron chi connectivity index (χ2n) is 5.68. The normalized spacial score (nSPS) is 16.8. The first kappa shape index (κ1) is 15.6. The van der Waals surface area contributed by atoms with Gasteiger partial charge in [0.15, 0.2) is 14.4 Å². The molecule has 0 fully saturated rings. The molecule has 2 N–H and O–H groups in total. The zero-order chi connectivity index (χ0) is 13.1. The average molecular weight is 247 g/mol. The average Bonchev–Trinajstić information content (AvgIpc) is 2.10. The zero-order valence-electron chi connectivity index (χ0n) is 11.5. The fourth-order valence-corrected chi connectivity index (χ4v) is 2.28. The highest BCUT2D eigenvalue weighted by Gasteiger charge is 2.41. The van der Waals surface area contributed by atoms with Gasteiger partial charge in [0.25, 0.3) is 0 Å². The van der Waals surface area contributed by atoms with Gasteiger partial charge in [-0.05, 0) is 25.1 Å². The van der Waals surface area contributed by atoms with Crippen LogP contribution in [0.15, 0.2) is 0 Å². The van der Waals surface area contributed by atoms with Gasteiger partial charge in [0.05, 0.1) is 7.11 Å². The Morgan fingerprint density at radius 3 is 2.00 bits per heavy atom. The molecule has 96 valence electrons. The highest BCUT2D eigenvalue weighted by atomic mass is 28.4. The van der Waals surface area contributed by atoms with Crippen LogP contribution in [0.25, 0.3) is 0 Å². The van der Waals surface area contributed by atoms with Crippen LogP contribution in [-0.2, 0) is 14.0 Å². The second-order valence-corrected chi connectivity index (χ2v) is 10.4. The summed E-state index contributed by atoms with van der Waals surface area (Å²) < 4.78 is 10.7. The molecule has 0 heterocycles. The fourth-order valence-electron chi connectivity index (χ4n) is 0.980. The van der Waals surface area contributed by atoms with Gasteiger partial charge in [-0.2, -0.15) is 0 Å². The predicted octanol–water partition coefficient (Wildman–Crippen LogP) is 1.90. The summed E-state index contributed by atoms with van der Waals surface area (Å²) in [5.74, 6) is -0.389. The topological polar surface area (TPSA) is 61.5 Å². The number of carbonyl (C=O) groups excluding carboxylic acids is 1. The summed E-state index contributed by atoms with van der Waals surface area (Å²) in [6, 6.07) is -0.360. The summed E-state index contributed by atoms with van der Waals surface area (Å²) in [7, 11) is -0.637. The van der Waals surface area contributed by atoms with Crippen molar-refractivity contribution in [3.63, 3.8) is 0 Å². The molecule has 0 bridgehead atoms. The van der Waals surface area contributed by atoms with E-state index >= 15 is 0 Å². The Kier molecular flexibility index (Phi) is 5.16. The minimum Gasteiger partial charge on any atom is -0.467 e. The lowest BCUT2D eigenvalue weighted by Crippen LogP contribution is -2.51. The van der Waals surface area contributed by atoms with Crippen molar-refractivity contribution in [2.75, 3.05) is 7.11 Å². The van der Waals surface area contributed by atoms with Crippen molar-refractivity contribution in [2.45, 2.75) is 58.0 Å². The van der Waals surface area contributed by atoms with E-state index in [0.29, 0.717) is 0 Å². The van der Waals surface area contributed by atoms with Crippen LogP contribution >= 0.6 is 0 Å². The molecular weight excluding hydrogens is 222 g/mol. The van der Waals surface area contributed by atoms with Crippen molar-refractivity contribution in [3.05, 3.63) is 0 Å². The number of esters is 1. The number of carbonyl (C=O) groups is 1.